The largest absolute Gasteiger partial charge is 0.477 e. The molecule has 1 aromatic carbocycles. The first-order valence-electron chi connectivity index (χ1n) is 9.95. The SMILES string of the molecule is CCN(CC)CCCNC(=O)Nc1snc(OCc2c(F)cc(C)c(F)c2F)c1C(=O)O. The fourth-order valence-corrected chi connectivity index (χ4v) is 3.59. The van der Waals surface area contributed by atoms with Crippen LogP contribution in [-0.2, 0) is 6.61 Å². The summed E-state index contributed by atoms with van der Waals surface area (Å²) in [7, 11) is 0. The summed E-state index contributed by atoms with van der Waals surface area (Å²) in [6.07, 6.45) is 0.710. The van der Waals surface area contributed by atoms with Crippen LogP contribution in [0, 0.1) is 24.4 Å². The number of nitrogens with zero attached hydrogens (tertiary/aromatic N) is 2. The Labute approximate surface area is 187 Å². The minimum atomic E-state index is -1.46. The molecule has 176 valence electrons. The van der Waals surface area contributed by atoms with Crippen LogP contribution >= 0.6 is 11.5 Å². The number of amides is 2. The Morgan fingerprint density at radius 3 is 2.53 bits per heavy atom. The molecule has 0 radical (unpaired) electrons. The molecule has 0 fully saturated rings. The van der Waals surface area contributed by atoms with Gasteiger partial charge in [0.05, 0.1) is 5.56 Å². The predicted molar refractivity (Wildman–Crippen MR) is 114 cm³/mol. The van der Waals surface area contributed by atoms with E-state index in [0.717, 1.165) is 25.7 Å². The van der Waals surface area contributed by atoms with Crippen molar-refractivity contribution >= 4 is 28.5 Å². The van der Waals surface area contributed by atoms with Crippen molar-refractivity contribution in [1.82, 2.24) is 14.6 Å². The van der Waals surface area contributed by atoms with E-state index in [-0.39, 0.29) is 10.6 Å². The third-order valence-electron chi connectivity index (χ3n) is 4.72. The minimum absolute atomic E-state index is 0.107. The van der Waals surface area contributed by atoms with Gasteiger partial charge in [-0.25, -0.2) is 22.8 Å². The molecule has 0 unspecified atom stereocenters. The molecule has 12 heteroatoms. The molecule has 0 aliphatic carbocycles. The topological polar surface area (TPSA) is 104 Å². The van der Waals surface area contributed by atoms with Crippen molar-refractivity contribution in [1.29, 1.82) is 0 Å². The molecule has 32 heavy (non-hydrogen) atoms. The molecule has 2 rings (SSSR count). The third kappa shape index (κ3) is 6.33. The maximum Gasteiger partial charge on any atom is 0.344 e. The lowest BCUT2D eigenvalue weighted by molar-refractivity contribution is 0.0693. The van der Waals surface area contributed by atoms with Gasteiger partial charge in [-0.1, -0.05) is 13.8 Å². The monoisotopic (exact) mass is 474 g/mol. The number of rotatable bonds is 11. The first-order valence-corrected chi connectivity index (χ1v) is 10.7. The normalized spacial score (nSPS) is 11.0. The summed E-state index contributed by atoms with van der Waals surface area (Å²) in [6.45, 7) is 7.49. The molecule has 2 amide bonds. The number of carbonyl (C=O) groups excluding carboxylic acids is 1. The van der Waals surface area contributed by atoms with Gasteiger partial charge in [0.25, 0.3) is 0 Å². The fraction of sp³-hybridized carbons (Fsp3) is 0.450. The molecule has 2 aromatic rings. The van der Waals surface area contributed by atoms with Gasteiger partial charge in [-0.3, -0.25) is 5.32 Å². The summed E-state index contributed by atoms with van der Waals surface area (Å²) in [4.78, 5) is 25.9. The Hall–Kier alpha value is -2.86. The zero-order valence-corrected chi connectivity index (χ0v) is 18.7. The standard InChI is InChI=1S/C20H25F3N4O4S/c1-4-27(5-2)8-6-7-24-20(30)25-18-14(19(28)29)17(26-32-18)31-10-12-13(21)9-11(3)15(22)16(12)23/h9H,4-8,10H2,1-3H3,(H,28,29)(H2,24,25,30). The number of aromatic nitrogens is 1. The summed E-state index contributed by atoms with van der Waals surface area (Å²) < 4.78 is 50.6. The van der Waals surface area contributed by atoms with Gasteiger partial charge in [0.2, 0.25) is 5.88 Å². The summed E-state index contributed by atoms with van der Waals surface area (Å²) in [5.74, 6) is -5.57. The molecular formula is C20H25F3N4O4S. The smallest absolute Gasteiger partial charge is 0.344 e. The van der Waals surface area contributed by atoms with Crippen molar-refractivity contribution in [3.63, 3.8) is 0 Å². The molecule has 0 aliphatic heterocycles. The number of halogens is 3. The van der Waals surface area contributed by atoms with Crippen LogP contribution in [0.1, 0.15) is 41.8 Å². The van der Waals surface area contributed by atoms with Crippen molar-refractivity contribution < 1.29 is 32.6 Å². The van der Waals surface area contributed by atoms with Crippen molar-refractivity contribution in [2.24, 2.45) is 0 Å². The van der Waals surface area contributed by atoms with E-state index in [0.29, 0.717) is 24.5 Å². The van der Waals surface area contributed by atoms with E-state index >= 15 is 0 Å². The van der Waals surface area contributed by atoms with Crippen molar-refractivity contribution in [3.8, 4) is 5.88 Å². The number of carboxylic acid groups (broad SMARTS) is 1. The van der Waals surface area contributed by atoms with E-state index in [1.54, 1.807) is 0 Å². The minimum Gasteiger partial charge on any atom is -0.477 e. The van der Waals surface area contributed by atoms with E-state index < -0.39 is 53.1 Å². The predicted octanol–water partition coefficient (Wildman–Crippen LogP) is 4.00. The molecule has 3 N–H and O–H groups in total. The molecule has 8 nitrogen and oxygen atoms in total. The second-order valence-electron chi connectivity index (χ2n) is 6.83. The Kier molecular flexibility index (Phi) is 9.27. The Balaban J connectivity index is 2.03. The van der Waals surface area contributed by atoms with E-state index in [1.165, 1.54) is 6.92 Å². The second kappa shape index (κ2) is 11.7. The van der Waals surface area contributed by atoms with Crippen LogP contribution in [0.3, 0.4) is 0 Å². The molecular weight excluding hydrogens is 449 g/mol. The molecule has 0 aliphatic rings. The highest BCUT2D eigenvalue weighted by atomic mass is 32.1. The zero-order chi connectivity index (χ0) is 23.8. The molecule has 0 saturated carbocycles. The number of hydrogen-bond acceptors (Lipinski definition) is 6. The van der Waals surface area contributed by atoms with Gasteiger partial charge < -0.3 is 20.1 Å². The highest BCUT2D eigenvalue weighted by Crippen LogP contribution is 2.31. The zero-order valence-electron chi connectivity index (χ0n) is 17.9. The van der Waals surface area contributed by atoms with Crippen molar-refractivity contribution in [2.45, 2.75) is 33.8 Å². The number of aromatic carboxylic acids is 1. The number of aryl methyl sites for hydroxylation is 1. The Morgan fingerprint density at radius 1 is 1.22 bits per heavy atom. The third-order valence-corrected chi connectivity index (χ3v) is 5.47. The number of benzene rings is 1. The molecule has 1 aromatic heterocycles. The van der Waals surface area contributed by atoms with Crippen LogP contribution in [0.25, 0.3) is 0 Å². The second-order valence-corrected chi connectivity index (χ2v) is 7.60. The molecule has 0 saturated heterocycles. The van der Waals surface area contributed by atoms with E-state index in [4.69, 9.17) is 4.74 Å². The fourth-order valence-electron chi connectivity index (χ4n) is 2.86. The average Bonchev–Trinajstić information content (AvgIpc) is 3.14. The van der Waals surface area contributed by atoms with E-state index in [1.807, 2.05) is 13.8 Å². The summed E-state index contributed by atoms with van der Waals surface area (Å²) >= 11 is 0.636. The molecule has 0 atom stereocenters. The lowest BCUT2D eigenvalue weighted by Crippen LogP contribution is -2.32. The number of carbonyl (C=O) groups is 2. The summed E-state index contributed by atoms with van der Waals surface area (Å²) in [5.41, 5.74) is -1.38. The first kappa shape index (κ1) is 25.4. The highest BCUT2D eigenvalue weighted by molar-refractivity contribution is 7.11. The van der Waals surface area contributed by atoms with Gasteiger partial charge in [0.1, 0.15) is 17.4 Å². The van der Waals surface area contributed by atoms with Crippen molar-refractivity contribution in [3.05, 3.63) is 40.2 Å². The van der Waals surface area contributed by atoms with Gasteiger partial charge in [-0.15, -0.1) is 0 Å². The number of urea groups is 1. The summed E-state index contributed by atoms with van der Waals surface area (Å²) in [5, 5.41) is 14.4. The average molecular weight is 475 g/mol. The van der Waals surface area contributed by atoms with Gasteiger partial charge in [-0.2, -0.15) is 4.37 Å². The Morgan fingerprint density at radius 2 is 1.91 bits per heavy atom. The molecule has 0 bridgehead atoms. The van der Waals surface area contributed by atoms with Crippen LogP contribution in [0.4, 0.5) is 23.0 Å². The molecule has 0 spiro atoms. The number of anilines is 1. The van der Waals surface area contributed by atoms with Crippen LogP contribution in [0.5, 0.6) is 5.88 Å². The van der Waals surface area contributed by atoms with Crippen LogP contribution in [-0.4, -0.2) is 52.6 Å². The van der Waals surface area contributed by atoms with Gasteiger partial charge in [-0.05, 0) is 56.1 Å². The van der Waals surface area contributed by atoms with Gasteiger partial charge >= 0.3 is 12.0 Å². The number of carboxylic acids is 1. The first-order chi connectivity index (χ1) is 15.2. The quantitative estimate of drug-likeness (QED) is 0.336. The number of hydrogen-bond donors (Lipinski definition) is 3. The van der Waals surface area contributed by atoms with E-state index in [9.17, 15) is 27.9 Å². The van der Waals surface area contributed by atoms with Crippen LogP contribution in [0.2, 0.25) is 0 Å². The maximum absolute atomic E-state index is 14.0. The van der Waals surface area contributed by atoms with Crippen LogP contribution in [0.15, 0.2) is 6.07 Å². The van der Waals surface area contributed by atoms with Gasteiger partial charge in [0, 0.05) is 6.54 Å². The lowest BCUT2D eigenvalue weighted by atomic mass is 10.1. The maximum atomic E-state index is 14.0. The molecule has 1 heterocycles. The van der Waals surface area contributed by atoms with E-state index in [2.05, 4.69) is 19.9 Å². The number of nitrogens with one attached hydrogen (secondary N) is 2. The highest BCUT2D eigenvalue weighted by Gasteiger charge is 2.25. The summed E-state index contributed by atoms with van der Waals surface area (Å²) in [6, 6.07) is 0.188. The number of ether oxygens (including phenoxy) is 1. The van der Waals surface area contributed by atoms with Crippen molar-refractivity contribution in [2.75, 3.05) is 31.5 Å². The van der Waals surface area contributed by atoms with Crippen LogP contribution < -0.4 is 15.4 Å². The van der Waals surface area contributed by atoms with Gasteiger partial charge in [0.15, 0.2) is 17.2 Å². The Bertz CT molecular complexity index is 967. The lowest BCUT2D eigenvalue weighted by Gasteiger charge is -2.17.